The Labute approximate surface area is 149 Å². The molecule has 3 N–H and O–H groups in total. The predicted octanol–water partition coefficient (Wildman–Crippen LogP) is 4.14. The van der Waals surface area contributed by atoms with Crippen LogP contribution in [0.25, 0.3) is 0 Å². The second-order valence-electron chi connectivity index (χ2n) is 5.87. The van der Waals surface area contributed by atoms with E-state index in [0.717, 1.165) is 36.2 Å². The van der Waals surface area contributed by atoms with Crippen molar-refractivity contribution in [2.75, 3.05) is 24.7 Å². The molecule has 5 nitrogen and oxygen atoms in total. The fraction of sp³-hybridized carbons (Fsp3) is 0.350. The van der Waals surface area contributed by atoms with Crippen molar-refractivity contribution in [2.24, 2.45) is 0 Å². The maximum absolute atomic E-state index is 11.6. The summed E-state index contributed by atoms with van der Waals surface area (Å²) in [5, 5.41) is 3.32. The van der Waals surface area contributed by atoms with Crippen LogP contribution in [0.15, 0.2) is 42.5 Å². The number of nitrogen functional groups attached to an aromatic ring is 1. The van der Waals surface area contributed by atoms with Crippen LogP contribution in [0.4, 0.5) is 11.4 Å². The molecule has 25 heavy (non-hydrogen) atoms. The number of unbranched alkanes of at least 4 members (excludes halogenated alkanes) is 1. The lowest BCUT2D eigenvalue weighted by atomic mass is 9.99. The summed E-state index contributed by atoms with van der Waals surface area (Å²) >= 11 is 0. The minimum absolute atomic E-state index is 0.350. The zero-order valence-electron chi connectivity index (χ0n) is 15.0. The Morgan fingerprint density at radius 3 is 2.52 bits per heavy atom. The lowest BCUT2D eigenvalue weighted by molar-refractivity contribution is -0.144. The van der Waals surface area contributed by atoms with Crippen molar-refractivity contribution in [3.8, 4) is 5.75 Å². The number of ether oxygens (including phenoxy) is 2. The Bertz CT molecular complexity index is 702. The summed E-state index contributed by atoms with van der Waals surface area (Å²) in [7, 11) is 1.60. The number of anilines is 2. The average Bonchev–Trinajstić information content (AvgIpc) is 2.61. The molecular weight excluding hydrogens is 316 g/mol. The normalized spacial score (nSPS) is 11.6. The van der Waals surface area contributed by atoms with Crippen molar-refractivity contribution in [1.82, 2.24) is 0 Å². The number of hydrogen-bond acceptors (Lipinski definition) is 5. The maximum atomic E-state index is 11.6. The van der Waals surface area contributed by atoms with Gasteiger partial charge in [0.05, 0.1) is 12.8 Å². The van der Waals surface area contributed by atoms with Gasteiger partial charge < -0.3 is 20.5 Å². The summed E-state index contributed by atoms with van der Waals surface area (Å²) in [4.78, 5) is 11.6. The molecule has 1 atom stereocenters. The van der Waals surface area contributed by atoms with Crippen LogP contribution in [-0.4, -0.2) is 19.6 Å². The molecule has 0 bridgehead atoms. The van der Waals surface area contributed by atoms with Crippen molar-refractivity contribution in [1.29, 1.82) is 0 Å². The third-order valence-electron chi connectivity index (χ3n) is 3.90. The third kappa shape index (κ3) is 4.89. The monoisotopic (exact) mass is 342 g/mol. The van der Waals surface area contributed by atoms with E-state index in [1.807, 2.05) is 42.5 Å². The maximum Gasteiger partial charge on any atom is 0.303 e. The van der Waals surface area contributed by atoms with Crippen LogP contribution in [0.1, 0.15) is 43.9 Å². The van der Waals surface area contributed by atoms with E-state index in [9.17, 15) is 4.79 Å². The Hall–Kier alpha value is -2.69. The first kappa shape index (κ1) is 18.6. The number of nitrogens with one attached hydrogen (secondary N) is 1. The SMILES string of the molecule is CCCCNc1c(N)cc(C(OC(C)=O)c2ccccc2)cc1OC. The van der Waals surface area contributed by atoms with Gasteiger partial charge in [0.2, 0.25) is 0 Å². The topological polar surface area (TPSA) is 73.6 Å². The van der Waals surface area contributed by atoms with Crippen molar-refractivity contribution in [3.05, 3.63) is 53.6 Å². The number of esters is 1. The lowest BCUT2D eigenvalue weighted by Crippen LogP contribution is -2.12. The van der Waals surface area contributed by atoms with E-state index < -0.39 is 6.10 Å². The van der Waals surface area contributed by atoms with Crippen LogP contribution in [0.3, 0.4) is 0 Å². The molecule has 0 heterocycles. The van der Waals surface area contributed by atoms with Crippen LogP contribution < -0.4 is 15.8 Å². The highest BCUT2D eigenvalue weighted by molar-refractivity contribution is 5.75. The van der Waals surface area contributed by atoms with E-state index in [4.69, 9.17) is 15.2 Å². The number of nitrogens with two attached hydrogens (primary N) is 1. The second-order valence-corrected chi connectivity index (χ2v) is 5.87. The first-order chi connectivity index (χ1) is 12.1. The zero-order valence-corrected chi connectivity index (χ0v) is 15.0. The van der Waals surface area contributed by atoms with Crippen LogP contribution in [0, 0.1) is 0 Å². The third-order valence-corrected chi connectivity index (χ3v) is 3.90. The van der Waals surface area contributed by atoms with Gasteiger partial charge in [0.1, 0.15) is 11.4 Å². The molecule has 5 heteroatoms. The molecule has 0 saturated carbocycles. The molecule has 2 aromatic carbocycles. The van der Waals surface area contributed by atoms with Crippen LogP contribution in [0.5, 0.6) is 5.75 Å². The fourth-order valence-electron chi connectivity index (χ4n) is 2.67. The van der Waals surface area contributed by atoms with Gasteiger partial charge in [0.25, 0.3) is 0 Å². The van der Waals surface area contributed by atoms with E-state index in [-0.39, 0.29) is 5.97 Å². The Morgan fingerprint density at radius 1 is 1.20 bits per heavy atom. The van der Waals surface area contributed by atoms with Crippen LogP contribution in [-0.2, 0) is 9.53 Å². The minimum atomic E-state index is -0.528. The molecule has 2 rings (SSSR count). The van der Waals surface area contributed by atoms with Gasteiger partial charge in [-0.15, -0.1) is 0 Å². The summed E-state index contributed by atoms with van der Waals surface area (Å²) in [6.45, 7) is 4.36. The van der Waals surface area contributed by atoms with E-state index in [0.29, 0.717) is 11.4 Å². The van der Waals surface area contributed by atoms with Gasteiger partial charge in [0, 0.05) is 19.0 Å². The van der Waals surface area contributed by atoms with E-state index in [2.05, 4.69) is 12.2 Å². The van der Waals surface area contributed by atoms with Gasteiger partial charge in [-0.05, 0) is 24.1 Å². The van der Waals surface area contributed by atoms with Crippen LogP contribution >= 0.6 is 0 Å². The number of carbonyl (C=O) groups excluding carboxylic acids is 1. The Balaban J connectivity index is 2.41. The summed E-state index contributed by atoms with van der Waals surface area (Å²) in [5.41, 5.74) is 9.24. The zero-order chi connectivity index (χ0) is 18.2. The second kappa shape index (κ2) is 8.97. The Morgan fingerprint density at radius 2 is 1.92 bits per heavy atom. The van der Waals surface area contributed by atoms with Gasteiger partial charge >= 0.3 is 5.97 Å². The number of carbonyl (C=O) groups is 1. The van der Waals surface area contributed by atoms with Crippen molar-refractivity contribution in [3.63, 3.8) is 0 Å². The van der Waals surface area contributed by atoms with Crippen molar-refractivity contribution < 1.29 is 14.3 Å². The van der Waals surface area contributed by atoms with Gasteiger partial charge in [0.15, 0.2) is 6.10 Å². The molecule has 0 saturated heterocycles. The molecule has 0 aliphatic carbocycles. The molecular formula is C20H26N2O3. The number of hydrogen-bond donors (Lipinski definition) is 2. The highest BCUT2D eigenvalue weighted by atomic mass is 16.5. The van der Waals surface area contributed by atoms with Gasteiger partial charge in [-0.25, -0.2) is 0 Å². The first-order valence-corrected chi connectivity index (χ1v) is 8.50. The number of rotatable bonds is 8. The largest absolute Gasteiger partial charge is 0.494 e. The minimum Gasteiger partial charge on any atom is -0.494 e. The van der Waals surface area contributed by atoms with E-state index in [1.165, 1.54) is 6.92 Å². The summed E-state index contributed by atoms with van der Waals surface area (Å²) < 4.78 is 11.1. The molecule has 0 radical (unpaired) electrons. The summed E-state index contributed by atoms with van der Waals surface area (Å²) in [6.07, 6.45) is 1.61. The van der Waals surface area contributed by atoms with E-state index in [1.54, 1.807) is 7.11 Å². The Kier molecular flexibility index (Phi) is 6.69. The van der Waals surface area contributed by atoms with Crippen molar-refractivity contribution in [2.45, 2.75) is 32.8 Å². The summed E-state index contributed by atoms with van der Waals surface area (Å²) in [6, 6.07) is 13.3. The first-order valence-electron chi connectivity index (χ1n) is 8.50. The molecule has 1 unspecified atom stereocenters. The van der Waals surface area contributed by atoms with Gasteiger partial charge in [-0.2, -0.15) is 0 Å². The van der Waals surface area contributed by atoms with Crippen molar-refractivity contribution >= 4 is 17.3 Å². The number of methoxy groups -OCH3 is 1. The molecule has 0 aliphatic heterocycles. The lowest BCUT2D eigenvalue weighted by Gasteiger charge is -2.21. The van der Waals surface area contributed by atoms with Gasteiger partial charge in [-0.3, -0.25) is 4.79 Å². The highest BCUT2D eigenvalue weighted by Gasteiger charge is 2.20. The summed E-state index contributed by atoms with van der Waals surface area (Å²) in [5.74, 6) is 0.288. The molecule has 0 aliphatic rings. The molecule has 0 aromatic heterocycles. The predicted molar refractivity (Wildman–Crippen MR) is 101 cm³/mol. The molecule has 0 amide bonds. The number of benzene rings is 2. The molecule has 0 fully saturated rings. The average molecular weight is 342 g/mol. The fourth-order valence-corrected chi connectivity index (χ4v) is 2.67. The standard InChI is InChI=1S/C20H26N2O3/c1-4-5-11-22-19-17(21)12-16(13-18(19)24-3)20(25-14(2)23)15-9-7-6-8-10-15/h6-10,12-13,20,22H,4-5,11,21H2,1-3H3. The molecule has 134 valence electrons. The quantitative estimate of drug-likeness (QED) is 0.428. The molecule has 0 spiro atoms. The molecule has 2 aromatic rings. The highest BCUT2D eigenvalue weighted by Crippen LogP contribution is 2.37. The van der Waals surface area contributed by atoms with E-state index >= 15 is 0 Å². The van der Waals surface area contributed by atoms with Gasteiger partial charge in [-0.1, -0.05) is 43.7 Å². The smallest absolute Gasteiger partial charge is 0.303 e. The van der Waals surface area contributed by atoms with Crippen LogP contribution in [0.2, 0.25) is 0 Å².